The van der Waals surface area contributed by atoms with Crippen LogP contribution in [0.5, 0.6) is 0 Å². The minimum atomic E-state index is 0.604. The lowest BCUT2D eigenvalue weighted by molar-refractivity contribution is 0.253. The maximum atomic E-state index is 5.22. The van der Waals surface area contributed by atoms with E-state index in [2.05, 4.69) is 36.0 Å². The van der Waals surface area contributed by atoms with Crippen molar-refractivity contribution in [2.75, 3.05) is 13.1 Å². The number of aromatic amines is 1. The van der Waals surface area contributed by atoms with E-state index < -0.39 is 0 Å². The van der Waals surface area contributed by atoms with Crippen LogP contribution in [0.25, 0.3) is 0 Å². The summed E-state index contributed by atoms with van der Waals surface area (Å²) in [6.07, 6.45) is 7.29. The highest BCUT2D eigenvalue weighted by molar-refractivity contribution is 7.71. The van der Waals surface area contributed by atoms with Gasteiger partial charge in [0, 0.05) is 12.2 Å². The molecule has 0 spiro atoms. The van der Waals surface area contributed by atoms with Gasteiger partial charge in [-0.25, -0.2) is 0 Å². The monoisotopic (exact) mass is 250 g/mol. The zero-order valence-electron chi connectivity index (χ0n) is 10.8. The molecule has 1 aromatic heterocycles. The van der Waals surface area contributed by atoms with Gasteiger partial charge >= 0.3 is 0 Å². The standard InChI is InChI=1S/C14H22N2S/c1-3-4-7-16-8-5-6-13(16)12-9-11(2)14(17)15-10-12/h9-10,13H,3-8H2,1-2H3,(H,15,17). The smallest absolute Gasteiger partial charge is 0.106 e. The molecule has 17 heavy (non-hydrogen) atoms. The van der Waals surface area contributed by atoms with E-state index >= 15 is 0 Å². The van der Waals surface area contributed by atoms with E-state index in [1.54, 1.807) is 0 Å². The number of hydrogen-bond acceptors (Lipinski definition) is 2. The number of rotatable bonds is 4. The zero-order valence-corrected chi connectivity index (χ0v) is 11.6. The van der Waals surface area contributed by atoms with Gasteiger partial charge in [0.25, 0.3) is 0 Å². The van der Waals surface area contributed by atoms with Gasteiger partial charge in [-0.1, -0.05) is 31.6 Å². The number of H-pyrrole nitrogens is 1. The van der Waals surface area contributed by atoms with Crippen molar-refractivity contribution in [3.8, 4) is 0 Å². The maximum absolute atomic E-state index is 5.22. The first-order valence-corrected chi connectivity index (χ1v) is 7.06. The predicted octanol–water partition coefficient (Wildman–Crippen LogP) is 3.99. The van der Waals surface area contributed by atoms with Gasteiger partial charge in [0.15, 0.2) is 0 Å². The van der Waals surface area contributed by atoms with E-state index in [1.165, 1.54) is 49.9 Å². The zero-order chi connectivity index (χ0) is 12.3. The average Bonchev–Trinajstić information content (AvgIpc) is 2.78. The second kappa shape index (κ2) is 5.78. The summed E-state index contributed by atoms with van der Waals surface area (Å²) in [5.41, 5.74) is 2.60. The molecule has 1 aliphatic rings. The molecule has 2 rings (SSSR count). The Morgan fingerprint density at radius 2 is 2.35 bits per heavy atom. The molecule has 3 heteroatoms. The fourth-order valence-electron chi connectivity index (χ4n) is 2.64. The van der Waals surface area contributed by atoms with E-state index in [4.69, 9.17) is 12.2 Å². The van der Waals surface area contributed by atoms with Crippen LogP contribution in [-0.4, -0.2) is 23.0 Å². The number of unbranched alkanes of at least 4 members (excludes halogenated alkanes) is 1. The molecule has 1 N–H and O–H groups in total. The molecule has 94 valence electrons. The van der Waals surface area contributed by atoms with Crippen molar-refractivity contribution in [2.24, 2.45) is 0 Å². The van der Waals surface area contributed by atoms with Crippen LogP contribution in [0.15, 0.2) is 12.3 Å². The molecule has 0 bridgehead atoms. The predicted molar refractivity (Wildman–Crippen MR) is 74.8 cm³/mol. The fraction of sp³-hybridized carbons (Fsp3) is 0.643. The van der Waals surface area contributed by atoms with Gasteiger partial charge < -0.3 is 4.98 Å². The average molecular weight is 250 g/mol. The van der Waals surface area contributed by atoms with Crippen LogP contribution >= 0.6 is 12.2 Å². The number of nitrogens with one attached hydrogen (secondary N) is 1. The van der Waals surface area contributed by atoms with Crippen molar-refractivity contribution < 1.29 is 0 Å². The van der Waals surface area contributed by atoms with Gasteiger partial charge in [-0.05, 0) is 50.4 Å². The van der Waals surface area contributed by atoms with Crippen LogP contribution in [0.3, 0.4) is 0 Å². The normalized spacial score (nSPS) is 20.9. The quantitative estimate of drug-likeness (QED) is 0.815. The summed E-state index contributed by atoms with van der Waals surface area (Å²) in [6, 6.07) is 2.86. The highest BCUT2D eigenvalue weighted by Gasteiger charge is 2.25. The molecule has 1 unspecified atom stereocenters. The van der Waals surface area contributed by atoms with E-state index in [1.807, 2.05) is 0 Å². The first kappa shape index (κ1) is 12.8. The Bertz CT molecular complexity index is 424. The van der Waals surface area contributed by atoms with Crippen molar-refractivity contribution in [2.45, 2.75) is 45.6 Å². The summed E-state index contributed by atoms with van der Waals surface area (Å²) in [7, 11) is 0. The minimum Gasteiger partial charge on any atom is -0.352 e. The Hall–Kier alpha value is -0.670. The Morgan fingerprint density at radius 1 is 1.53 bits per heavy atom. The third-order valence-electron chi connectivity index (χ3n) is 3.66. The highest BCUT2D eigenvalue weighted by atomic mass is 32.1. The molecule has 2 nitrogen and oxygen atoms in total. The first-order chi connectivity index (χ1) is 8.22. The number of hydrogen-bond donors (Lipinski definition) is 1. The van der Waals surface area contributed by atoms with E-state index in [9.17, 15) is 0 Å². The van der Waals surface area contributed by atoms with Gasteiger partial charge in [0.1, 0.15) is 4.64 Å². The Labute approximate surface area is 109 Å². The number of nitrogens with zero attached hydrogens (tertiary/aromatic N) is 1. The van der Waals surface area contributed by atoms with Crippen molar-refractivity contribution in [1.29, 1.82) is 0 Å². The van der Waals surface area contributed by atoms with Crippen LogP contribution < -0.4 is 0 Å². The third kappa shape index (κ3) is 2.96. The Morgan fingerprint density at radius 3 is 3.06 bits per heavy atom. The van der Waals surface area contributed by atoms with Crippen molar-refractivity contribution in [3.05, 3.63) is 28.0 Å². The molecular formula is C14H22N2S. The molecule has 0 amide bonds. The summed E-state index contributed by atoms with van der Waals surface area (Å²) in [4.78, 5) is 5.83. The van der Waals surface area contributed by atoms with Crippen LogP contribution in [-0.2, 0) is 0 Å². The molecule has 1 saturated heterocycles. The lowest BCUT2D eigenvalue weighted by Gasteiger charge is -2.24. The summed E-state index contributed by atoms with van der Waals surface area (Å²) in [6.45, 7) is 6.83. The first-order valence-electron chi connectivity index (χ1n) is 6.65. The van der Waals surface area contributed by atoms with E-state index in [-0.39, 0.29) is 0 Å². The van der Waals surface area contributed by atoms with E-state index in [0.29, 0.717) is 6.04 Å². The van der Waals surface area contributed by atoms with Crippen LogP contribution in [0, 0.1) is 11.6 Å². The maximum Gasteiger partial charge on any atom is 0.106 e. The topological polar surface area (TPSA) is 19.0 Å². The molecule has 0 radical (unpaired) electrons. The Balaban J connectivity index is 2.14. The lowest BCUT2D eigenvalue weighted by Crippen LogP contribution is -2.24. The van der Waals surface area contributed by atoms with Gasteiger partial charge in [0.2, 0.25) is 0 Å². The van der Waals surface area contributed by atoms with Gasteiger partial charge in [-0.3, -0.25) is 4.90 Å². The second-order valence-corrected chi connectivity index (χ2v) is 5.40. The minimum absolute atomic E-state index is 0.604. The van der Waals surface area contributed by atoms with Gasteiger partial charge in [0.05, 0.1) is 0 Å². The van der Waals surface area contributed by atoms with Gasteiger partial charge in [-0.2, -0.15) is 0 Å². The van der Waals surface area contributed by atoms with E-state index in [0.717, 1.165) is 4.64 Å². The van der Waals surface area contributed by atoms with Crippen molar-refractivity contribution in [3.63, 3.8) is 0 Å². The van der Waals surface area contributed by atoms with Crippen LogP contribution in [0.1, 0.15) is 49.8 Å². The lowest BCUT2D eigenvalue weighted by atomic mass is 10.1. The summed E-state index contributed by atoms with van der Waals surface area (Å²) in [5, 5.41) is 0. The SMILES string of the molecule is CCCCN1CCCC1c1c[nH]c(=S)c(C)c1. The molecule has 1 aromatic rings. The van der Waals surface area contributed by atoms with Crippen LogP contribution in [0.4, 0.5) is 0 Å². The number of aromatic nitrogens is 1. The molecule has 0 aliphatic carbocycles. The molecule has 2 heterocycles. The number of aryl methyl sites for hydroxylation is 1. The molecule has 0 aromatic carbocycles. The van der Waals surface area contributed by atoms with Crippen molar-refractivity contribution in [1.82, 2.24) is 9.88 Å². The van der Waals surface area contributed by atoms with Crippen molar-refractivity contribution >= 4 is 12.2 Å². The Kier molecular flexibility index (Phi) is 4.35. The summed E-state index contributed by atoms with van der Waals surface area (Å²) >= 11 is 5.22. The molecule has 1 aliphatic heterocycles. The third-order valence-corrected chi connectivity index (χ3v) is 4.10. The van der Waals surface area contributed by atoms with Gasteiger partial charge in [-0.15, -0.1) is 0 Å². The summed E-state index contributed by atoms with van der Waals surface area (Å²) in [5.74, 6) is 0. The molecule has 0 saturated carbocycles. The van der Waals surface area contributed by atoms with Crippen LogP contribution in [0.2, 0.25) is 0 Å². The largest absolute Gasteiger partial charge is 0.352 e. The summed E-state index contributed by atoms with van der Waals surface area (Å²) < 4.78 is 0.867. The second-order valence-electron chi connectivity index (χ2n) is 4.99. The fourth-order valence-corrected chi connectivity index (χ4v) is 2.76. The molecule has 1 fully saturated rings. The molecule has 1 atom stereocenters. The highest BCUT2D eigenvalue weighted by Crippen LogP contribution is 2.31. The number of pyridine rings is 1. The molecular weight excluding hydrogens is 228 g/mol. The number of likely N-dealkylation sites (tertiary alicyclic amines) is 1.